The number of imide groups is 1. The Labute approximate surface area is 117 Å². The quantitative estimate of drug-likeness (QED) is 0.524. The van der Waals surface area contributed by atoms with Crippen LogP contribution >= 0.6 is 0 Å². The molecule has 3 N–H and O–H groups in total. The van der Waals surface area contributed by atoms with Crippen molar-refractivity contribution in [2.45, 2.75) is 19.3 Å². The summed E-state index contributed by atoms with van der Waals surface area (Å²) in [6, 6.07) is -0.806. The molecular formula is C10H19N3O6S. The summed E-state index contributed by atoms with van der Waals surface area (Å²) < 4.78 is 23.8. The molecule has 0 rings (SSSR count). The molecule has 0 bridgehead atoms. The van der Waals surface area contributed by atoms with Crippen molar-refractivity contribution in [3.63, 3.8) is 0 Å². The number of rotatable bonds is 8. The van der Waals surface area contributed by atoms with Gasteiger partial charge < -0.3 is 10.4 Å². The van der Waals surface area contributed by atoms with Crippen molar-refractivity contribution in [3.8, 4) is 0 Å². The number of carbonyl (C=O) groups excluding carboxylic acids is 2. The topological polar surface area (TPSA) is 133 Å². The van der Waals surface area contributed by atoms with E-state index in [1.54, 1.807) is 0 Å². The van der Waals surface area contributed by atoms with Crippen LogP contribution in [0.25, 0.3) is 0 Å². The molecule has 0 atom stereocenters. The standard InChI is InChI=1S/C10H19N3O6S/c1-13(2)20(18,19)7-6-11-10(17)12-8(14)4-3-5-9(15)16/h3-7H2,1-2H3,(H,15,16)(H2,11,12,14,17). The van der Waals surface area contributed by atoms with Crippen LogP contribution in [0.1, 0.15) is 19.3 Å². The molecule has 0 aromatic heterocycles. The van der Waals surface area contributed by atoms with Gasteiger partial charge in [-0.3, -0.25) is 14.9 Å². The molecule has 0 aliphatic carbocycles. The predicted molar refractivity (Wildman–Crippen MR) is 70.5 cm³/mol. The minimum absolute atomic E-state index is 0.0876. The van der Waals surface area contributed by atoms with E-state index in [9.17, 15) is 22.8 Å². The van der Waals surface area contributed by atoms with Crippen LogP contribution in [0.4, 0.5) is 4.79 Å². The Hall–Kier alpha value is -1.68. The highest BCUT2D eigenvalue weighted by molar-refractivity contribution is 7.89. The Bertz CT molecular complexity index is 460. The highest BCUT2D eigenvalue weighted by Crippen LogP contribution is 1.95. The van der Waals surface area contributed by atoms with Gasteiger partial charge in [0.25, 0.3) is 0 Å². The summed E-state index contributed by atoms with van der Waals surface area (Å²) in [5.41, 5.74) is 0. The zero-order valence-electron chi connectivity index (χ0n) is 11.4. The number of carbonyl (C=O) groups is 3. The van der Waals surface area contributed by atoms with Crippen LogP contribution in [0.15, 0.2) is 0 Å². The minimum atomic E-state index is -3.41. The number of nitrogens with zero attached hydrogens (tertiary/aromatic N) is 1. The zero-order valence-corrected chi connectivity index (χ0v) is 12.2. The highest BCUT2D eigenvalue weighted by atomic mass is 32.2. The molecule has 0 saturated heterocycles. The van der Waals surface area contributed by atoms with Gasteiger partial charge in [-0.05, 0) is 6.42 Å². The first kappa shape index (κ1) is 18.3. The van der Waals surface area contributed by atoms with Crippen LogP contribution < -0.4 is 10.6 Å². The van der Waals surface area contributed by atoms with Crippen molar-refractivity contribution in [1.29, 1.82) is 0 Å². The third-order valence-electron chi connectivity index (χ3n) is 2.25. The largest absolute Gasteiger partial charge is 0.481 e. The van der Waals surface area contributed by atoms with Gasteiger partial charge in [0, 0.05) is 33.5 Å². The third-order valence-corrected chi connectivity index (χ3v) is 4.08. The Morgan fingerprint density at radius 2 is 1.75 bits per heavy atom. The summed E-state index contributed by atoms with van der Waals surface area (Å²) in [4.78, 5) is 32.7. The van der Waals surface area contributed by atoms with E-state index in [1.807, 2.05) is 5.32 Å². The summed E-state index contributed by atoms with van der Waals surface area (Å²) in [7, 11) is -0.653. The summed E-state index contributed by atoms with van der Waals surface area (Å²) in [5, 5.41) is 12.6. The molecule has 0 radical (unpaired) electrons. The van der Waals surface area contributed by atoms with Gasteiger partial charge in [0.2, 0.25) is 15.9 Å². The third kappa shape index (κ3) is 8.43. The molecule has 0 saturated carbocycles. The molecule has 0 aliphatic heterocycles. The summed E-state index contributed by atoms with van der Waals surface area (Å²) >= 11 is 0. The molecule has 0 unspecified atom stereocenters. The Kier molecular flexibility index (Phi) is 7.77. The number of urea groups is 1. The van der Waals surface area contributed by atoms with Gasteiger partial charge in [-0.25, -0.2) is 17.5 Å². The first-order valence-corrected chi connectivity index (χ1v) is 7.45. The average Bonchev–Trinajstić information content (AvgIpc) is 2.27. The van der Waals surface area contributed by atoms with Crippen LogP contribution in [-0.4, -0.2) is 62.1 Å². The number of hydrogen-bond donors (Lipinski definition) is 3. The molecule has 0 fully saturated rings. The number of nitrogens with one attached hydrogen (secondary N) is 2. The first-order valence-electron chi connectivity index (χ1n) is 5.85. The van der Waals surface area contributed by atoms with E-state index in [0.717, 1.165) is 4.31 Å². The van der Waals surface area contributed by atoms with Gasteiger partial charge in [0.05, 0.1) is 5.75 Å². The second-order valence-corrected chi connectivity index (χ2v) is 6.45. The number of amides is 3. The van der Waals surface area contributed by atoms with Crippen molar-refractivity contribution >= 4 is 27.9 Å². The predicted octanol–water partition coefficient (Wildman–Crippen LogP) is -1.04. The maximum Gasteiger partial charge on any atom is 0.321 e. The molecule has 0 heterocycles. The van der Waals surface area contributed by atoms with E-state index >= 15 is 0 Å². The lowest BCUT2D eigenvalue weighted by Gasteiger charge is -2.11. The van der Waals surface area contributed by atoms with Crippen molar-refractivity contribution in [2.75, 3.05) is 26.4 Å². The fraction of sp³-hybridized carbons (Fsp3) is 0.700. The smallest absolute Gasteiger partial charge is 0.321 e. The van der Waals surface area contributed by atoms with Crippen molar-refractivity contribution < 1.29 is 27.9 Å². The molecular weight excluding hydrogens is 290 g/mol. The fourth-order valence-corrected chi connectivity index (χ4v) is 1.83. The van der Waals surface area contributed by atoms with Gasteiger partial charge in [-0.1, -0.05) is 0 Å². The van der Waals surface area contributed by atoms with Gasteiger partial charge in [-0.15, -0.1) is 0 Å². The summed E-state index contributed by atoms with van der Waals surface area (Å²) in [5.74, 6) is -1.91. The van der Waals surface area contributed by atoms with Crippen molar-refractivity contribution in [2.24, 2.45) is 0 Å². The molecule has 9 nitrogen and oxygen atoms in total. The van der Waals surface area contributed by atoms with Crippen LogP contribution in [0, 0.1) is 0 Å². The van der Waals surface area contributed by atoms with Gasteiger partial charge in [0.15, 0.2) is 0 Å². The van der Waals surface area contributed by atoms with Crippen molar-refractivity contribution in [3.05, 3.63) is 0 Å². The Balaban J connectivity index is 3.89. The second kappa shape index (κ2) is 8.48. The van der Waals surface area contributed by atoms with Gasteiger partial charge in [-0.2, -0.15) is 0 Å². The zero-order chi connectivity index (χ0) is 15.8. The monoisotopic (exact) mass is 309 g/mol. The van der Waals surface area contributed by atoms with E-state index in [1.165, 1.54) is 14.1 Å². The average molecular weight is 309 g/mol. The van der Waals surface area contributed by atoms with Crippen molar-refractivity contribution in [1.82, 2.24) is 14.9 Å². The number of carboxylic acid groups (broad SMARTS) is 1. The number of hydrogen-bond acceptors (Lipinski definition) is 5. The SMILES string of the molecule is CN(C)S(=O)(=O)CCNC(=O)NC(=O)CCCC(=O)O. The fourth-order valence-electron chi connectivity index (χ4n) is 1.11. The summed E-state index contributed by atoms with van der Waals surface area (Å²) in [6.07, 6.45) is -0.116. The van der Waals surface area contributed by atoms with Crippen LogP contribution in [-0.2, 0) is 19.6 Å². The van der Waals surface area contributed by atoms with Crippen LogP contribution in [0.3, 0.4) is 0 Å². The molecule has 20 heavy (non-hydrogen) atoms. The lowest BCUT2D eigenvalue weighted by atomic mass is 10.2. The first-order chi connectivity index (χ1) is 9.15. The second-order valence-electron chi connectivity index (χ2n) is 4.15. The van der Waals surface area contributed by atoms with E-state index < -0.39 is 27.9 Å². The maximum atomic E-state index is 11.4. The number of carboxylic acids is 1. The van der Waals surface area contributed by atoms with E-state index in [0.29, 0.717) is 0 Å². The van der Waals surface area contributed by atoms with E-state index in [4.69, 9.17) is 5.11 Å². The van der Waals surface area contributed by atoms with Gasteiger partial charge >= 0.3 is 12.0 Å². The van der Waals surface area contributed by atoms with E-state index in [2.05, 4.69) is 5.32 Å². The maximum absolute atomic E-state index is 11.4. The van der Waals surface area contributed by atoms with Crippen LogP contribution in [0.5, 0.6) is 0 Å². The lowest BCUT2D eigenvalue weighted by molar-refractivity contribution is -0.137. The Morgan fingerprint density at radius 3 is 2.25 bits per heavy atom. The molecule has 0 aliphatic rings. The normalized spacial score (nSPS) is 11.2. The highest BCUT2D eigenvalue weighted by Gasteiger charge is 2.14. The molecule has 116 valence electrons. The van der Waals surface area contributed by atoms with Crippen LogP contribution in [0.2, 0.25) is 0 Å². The number of sulfonamides is 1. The van der Waals surface area contributed by atoms with E-state index in [-0.39, 0.29) is 31.6 Å². The Morgan fingerprint density at radius 1 is 1.15 bits per heavy atom. The minimum Gasteiger partial charge on any atom is -0.481 e. The molecule has 0 aromatic carbocycles. The number of aliphatic carboxylic acids is 1. The summed E-state index contributed by atoms with van der Waals surface area (Å²) in [6.45, 7) is -0.130. The molecule has 3 amide bonds. The molecule has 0 spiro atoms. The molecule has 10 heteroatoms. The molecule has 0 aromatic rings. The van der Waals surface area contributed by atoms with Gasteiger partial charge in [0.1, 0.15) is 0 Å². The lowest BCUT2D eigenvalue weighted by Crippen LogP contribution is -2.42.